The van der Waals surface area contributed by atoms with E-state index in [1.807, 2.05) is 12.2 Å². The molecule has 38 valence electrons. The van der Waals surface area contributed by atoms with Crippen LogP contribution >= 0.6 is 8.58 Å². The second-order valence-corrected chi connectivity index (χ2v) is 3.36. The van der Waals surface area contributed by atoms with Gasteiger partial charge in [0.1, 0.15) is 0 Å². The third-order valence-corrected chi connectivity index (χ3v) is 2.75. The van der Waals surface area contributed by atoms with E-state index in [2.05, 4.69) is 13.2 Å². The molecule has 1 aliphatic rings. The van der Waals surface area contributed by atoms with Crippen molar-refractivity contribution in [1.29, 1.82) is 0 Å². The molecule has 0 nitrogen and oxygen atoms in total. The van der Waals surface area contributed by atoms with Gasteiger partial charge in [-0.25, -0.2) is 0 Å². The lowest BCUT2D eigenvalue weighted by Crippen LogP contribution is -1.79. The topological polar surface area (TPSA) is 0 Å². The van der Waals surface area contributed by atoms with Gasteiger partial charge in [0.15, 0.2) is 0 Å². The van der Waals surface area contributed by atoms with Gasteiger partial charge in [-0.2, -0.15) is 0 Å². The number of hydrogen-bond donors (Lipinski definition) is 0. The zero-order chi connectivity index (χ0) is 5.28. The summed E-state index contributed by atoms with van der Waals surface area (Å²) in [6.07, 6.45) is 4.04. The fourth-order valence-electron chi connectivity index (χ4n) is 0.596. The molecule has 0 amide bonds. The minimum absolute atomic E-state index is 0.789. The highest BCUT2D eigenvalue weighted by atomic mass is 31.1. The summed E-state index contributed by atoms with van der Waals surface area (Å²) in [6, 6.07) is 0. The van der Waals surface area contributed by atoms with Crippen LogP contribution in [0.1, 0.15) is 0 Å². The lowest BCUT2D eigenvalue weighted by molar-refractivity contribution is 1.24. The van der Waals surface area contributed by atoms with Gasteiger partial charge in [-0.1, -0.05) is 12.2 Å². The third-order valence-electron chi connectivity index (χ3n) is 1.17. The fraction of sp³-hybridized carbons (Fsp3) is 0.333. The number of hydrogen-bond acceptors (Lipinski definition) is 0. The first-order valence-electron chi connectivity index (χ1n) is 2.39. The van der Waals surface area contributed by atoms with Gasteiger partial charge >= 0.3 is 0 Å². The molecule has 2 unspecified atom stereocenters. The van der Waals surface area contributed by atoms with Crippen molar-refractivity contribution >= 4 is 8.58 Å². The first kappa shape index (κ1) is 5.05. The van der Waals surface area contributed by atoms with Crippen molar-refractivity contribution in [1.82, 2.24) is 0 Å². The van der Waals surface area contributed by atoms with E-state index < -0.39 is 0 Å². The monoisotopic (exact) mass is 112 g/mol. The van der Waals surface area contributed by atoms with Gasteiger partial charge < -0.3 is 0 Å². The van der Waals surface area contributed by atoms with E-state index in [4.69, 9.17) is 0 Å². The normalized spacial score (nSPS) is 40.6. The number of rotatable bonds is 2. The summed E-state index contributed by atoms with van der Waals surface area (Å²) < 4.78 is 0. The van der Waals surface area contributed by atoms with Crippen LogP contribution in [0.3, 0.4) is 0 Å². The first-order chi connectivity index (χ1) is 3.38. The van der Waals surface area contributed by atoms with Crippen LogP contribution in [0.2, 0.25) is 0 Å². The van der Waals surface area contributed by atoms with E-state index in [1.54, 1.807) is 0 Å². The van der Waals surface area contributed by atoms with Gasteiger partial charge in [0.05, 0.1) is 0 Å². The Morgan fingerprint density at radius 3 is 1.71 bits per heavy atom. The Morgan fingerprint density at radius 1 is 1.14 bits per heavy atom. The molecule has 0 aliphatic carbocycles. The molecule has 0 bridgehead atoms. The van der Waals surface area contributed by atoms with Crippen LogP contribution in [-0.2, 0) is 0 Å². The molecule has 2 atom stereocenters. The van der Waals surface area contributed by atoms with Crippen LogP contribution in [0.4, 0.5) is 0 Å². The smallest absolute Gasteiger partial charge is 0.00457 e. The molecule has 0 aromatic carbocycles. The molecule has 0 N–H and O–H groups in total. The van der Waals surface area contributed by atoms with Crippen LogP contribution in [0, 0.1) is 0 Å². The van der Waals surface area contributed by atoms with Gasteiger partial charge in [-0.05, 0) is 0 Å². The predicted octanol–water partition coefficient (Wildman–Crippen LogP) is 1.79. The fourth-order valence-corrected chi connectivity index (χ4v) is 1.47. The van der Waals surface area contributed by atoms with E-state index in [0.29, 0.717) is 0 Å². The SMILES string of the molecule is C=CC1PC1C=C. The summed E-state index contributed by atoms with van der Waals surface area (Å²) in [5, 5.41) is 0. The highest BCUT2D eigenvalue weighted by Gasteiger charge is 2.30. The minimum Gasteiger partial charge on any atom is -0.106 e. The van der Waals surface area contributed by atoms with Crippen molar-refractivity contribution in [3.63, 3.8) is 0 Å². The molecular formula is C6H9P. The predicted molar refractivity (Wildman–Crippen MR) is 36.3 cm³/mol. The van der Waals surface area contributed by atoms with E-state index >= 15 is 0 Å². The van der Waals surface area contributed by atoms with E-state index in [-0.39, 0.29) is 0 Å². The maximum absolute atomic E-state index is 3.68. The Kier molecular flexibility index (Phi) is 1.30. The van der Waals surface area contributed by atoms with E-state index in [9.17, 15) is 0 Å². The Balaban J connectivity index is 2.30. The maximum atomic E-state index is 3.68. The van der Waals surface area contributed by atoms with Gasteiger partial charge in [0.2, 0.25) is 0 Å². The molecule has 1 heteroatoms. The van der Waals surface area contributed by atoms with Gasteiger partial charge in [0, 0.05) is 11.3 Å². The standard InChI is InChI=1S/C6H9P/c1-3-5-6(4-2)7-5/h3-7H,1-2H2. The van der Waals surface area contributed by atoms with Gasteiger partial charge in [-0.15, -0.1) is 21.7 Å². The second kappa shape index (κ2) is 1.79. The first-order valence-corrected chi connectivity index (χ1v) is 3.55. The van der Waals surface area contributed by atoms with Crippen LogP contribution < -0.4 is 0 Å². The van der Waals surface area contributed by atoms with Crippen molar-refractivity contribution in [2.24, 2.45) is 0 Å². The molecular weight excluding hydrogens is 103 g/mol. The Hall–Kier alpha value is -0.0900. The van der Waals surface area contributed by atoms with Crippen molar-refractivity contribution in [2.75, 3.05) is 0 Å². The molecule has 0 radical (unpaired) electrons. The molecule has 1 rings (SSSR count). The summed E-state index contributed by atoms with van der Waals surface area (Å²) >= 11 is 0. The molecule has 1 saturated heterocycles. The Morgan fingerprint density at radius 2 is 1.57 bits per heavy atom. The molecule has 7 heavy (non-hydrogen) atoms. The zero-order valence-electron chi connectivity index (χ0n) is 4.22. The molecule has 0 saturated carbocycles. The van der Waals surface area contributed by atoms with Crippen LogP contribution in [0.25, 0.3) is 0 Å². The summed E-state index contributed by atoms with van der Waals surface area (Å²) in [7, 11) is 1.08. The van der Waals surface area contributed by atoms with Crippen LogP contribution in [-0.4, -0.2) is 11.3 Å². The second-order valence-electron chi connectivity index (χ2n) is 1.69. The highest BCUT2D eigenvalue weighted by Crippen LogP contribution is 2.49. The number of allylic oxidation sites excluding steroid dienone is 2. The molecule has 0 spiro atoms. The van der Waals surface area contributed by atoms with Crippen molar-refractivity contribution in [3.05, 3.63) is 25.3 Å². The minimum atomic E-state index is 0.789. The third kappa shape index (κ3) is 0.920. The average Bonchev–Trinajstić information content (AvgIpc) is 2.43. The molecule has 0 aromatic rings. The van der Waals surface area contributed by atoms with Crippen LogP contribution in [0.5, 0.6) is 0 Å². The van der Waals surface area contributed by atoms with Crippen LogP contribution in [0.15, 0.2) is 25.3 Å². The Labute approximate surface area is 46.1 Å². The maximum Gasteiger partial charge on any atom is 0.00457 e. The Bertz CT molecular complexity index is 84.4. The quantitative estimate of drug-likeness (QED) is 0.377. The molecule has 0 aromatic heterocycles. The van der Waals surface area contributed by atoms with E-state index in [0.717, 1.165) is 19.9 Å². The van der Waals surface area contributed by atoms with Crippen molar-refractivity contribution in [3.8, 4) is 0 Å². The van der Waals surface area contributed by atoms with Gasteiger partial charge in [0.25, 0.3) is 0 Å². The molecule has 1 heterocycles. The average molecular weight is 112 g/mol. The summed E-state index contributed by atoms with van der Waals surface area (Å²) in [4.78, 5) is 0. The summed E-state index contributed by atoms with van der Waals surface area (Å²) in [5.74, 6) is 0. The molecule has 1 fully saturated rings. The summed E-state index contributed by atoms with van der Waals surface area (Å²) in [5.41, 5.74) is 1.58. The highest BCUT2D eigenvalue weighted by molar-refractivity contribution is 7.49. The van der Waals surface area contributed by atoms with Gasteiger partial charge in [-0.3, -0.25) is 0 Å². The molecule has 1 aliphatic heterocycles. The van der Waals surface area contributed by atoms with Crippen molar-refractivity contribution < 1.29 is 0 Å². The van der Waals surface area contributed by atoms with E-state index in [1.165, 1.54) is 0 Å². The summed E-state index contributed by atoms with van der Waals surface area (Å²) in [6.45, 7) is 7.36. The zero-order valence-corrected chi connectivity index (χ0v) is 5.22. The largest absolute Gasteiger partial charge is 0.106 e. The van der Waals surface area contributed by atoms with Crippen molar-refractivity contribution in [2.45, 2.75) is 11.3 Å². The lowest BCUT2D eigenvalue weighted by atomic mass is 10.3. The lowest BCUT2D eigenvalue weighted by Gasteiger charge is -1.74.